The first-order valence-corrected chi connectivity index (χ1v) is 8.82. The molecule has 1 N–H and O–H groups in total. The van der Waals surface area contributed by atoms with Crippen LogP contribution in [0.2, 0.25) is 0 Å². The summed E-state index contributed by atoms with van der Waals surface area (Å²) in [7, 11) is 0. The molecule has 1 aliphatic rings. The van der Waals surface area contributed by atoms with Crippen LogP contribution in [0.3, 0.4) is 0 Å². The third-order valence-electron chi connectivity index (χ3n) is 3.42. The lowest BCUT2D eigenvalue weighted by Crippen LogP contribution is -2.14. The van der Waals surface area contributed by atoms with E-state index in [4.69, 9.17) is 4.98 Å². The van der Waals surface area contributed by atoms with Gasteiger partial charge in [-0.15, -0.1) is 22.7 Å². The van der Waals surface area contributed by atoms with Crippen molar-refractivity contribution in [3.63, 3.8) is 0 Å². The molecule has 1 saturated carbocycles. The first-order chi connectivity index (χ1) is 9.38. The number of thiophene rings is 1. The number of hydrogen-bond acceptors (Lipinski definition) is 4. The molecule has 1 fully saturated rings. The Morgan fingerprint density at radius 3 is 3.00 bits per heavy atom. The second-order valence-corrected chi connectivity index (χ2v) is 7.14. The minimum absolute atomic E-state index is 0.743. The smallest absolute Gasteiger partial charge is 0.133 e. The normalized spacial score (nSPS) is 15.0. The molecule has 0 aromatic carbocycles. The third kappa shape index (κ3) is 3.25. The number of thiazole rings is 1. The second kappa shape index (κ2) is 6.16. The molecule has 0 atom stereocenters. The van der Waals surface area contributed by atoms with Crippen molar-refractivity contribution in [3.8, 4) is 9.88 Å². The highest BCUT2D eigenvalue weighted by atomic mass is 32.1. The number of unbranched alkanes of at least 4 members (excludes halogenated alkanes) is 1. The predicted octanol–water partition coefficient (Wildman–Crippen LogP) is 4.64. The molecule has 0 bridgehead atoms. The summed E-state index contributed by atoms with van der Waals surface area (Å²) in [4.78, 5) is 7.67. The highest BCUT2D eigenvalue weighted by Gasteiger charge is 2.29. The van der Waals surface area contributed by atoms with E-state index in [2.05, 4.69) is 29.8 Å². The van der Waals surface area contributed by atoms with E-state index in [1.165, 1.54) is 46.1 Å². The van der Waals surface area contributed by atoms with Crippen LogP contribution in [-0.2, 0) is 6.54 Å². The average molecular weight is 292 g/mol. The molecule has 2 aromatic rings. The quantitative estimate of drug-likeness (QED) is 0.752. The van der Waals surface area contributed by atoms with Gasteiger partial charge >= 0.3 is 0 Å². The molecular formula is C15H20N2S2. The fourth-order valence-corrected chi connectivity index (χ4v) is 4.09. The van der Waals surface area contributed by atoms with Gasteiger partial charge in [0.05, 0.1) is 10.6 Å². The highest BCUT2D eigenvalue weighted by molar-refractivity contribution is 7.21. The topological polar surface area (TPSA) is 24.9 Å². The van der Waals surface area contributed by atoms with Crippen LogP contribution in [0.5, 0.6) is 0 Å². The Balaban J connectivity index is 1.74. The summed E-state index contributed by atoms with van der Waals surface area (Å²) in [6.45, 7) is 4.35. The molecule has 2 heterocycles. The van der Waals surface area contributed by atoms with Crippen molar-refractivity contribution in [1.82, 2.24) is 10.3 Å². The zero-order valence-corrected chi connectivity index (χ0v) is 12.9. The highest BCUT2D eigenvalue weighted by Crippen LogP contribution is 2.44. The molecule has 1 aliphatic carbocycles. The summed E-state index contributed by atoms with van der Waals surface area (Å²) in [5, 5.41) is 6.90. The number of aromatic nitrogens is 1. The molecule has 3 rings (SSSR count). The molecule has 0 aliphatic heterocycles. The van der Waals surface area contributed by atoms with E-state index in [9.17, 15) is 0 Å². The number of rotatable bonds is 7. The lowest BCUT2D eigenvalue weighted by molar-refractivity contribution is 0.642. The summed E-state index contributed by atoms with van der Waals surface area (Å²) < 4.78 is 0. The van der Waals surface area contributed by atoms with Gasteiger partial charge in [0.2, 0.25) is 0 Å². The van der Waals surface area contributed by atoms with Gasteiger partial charge in [-0.1, -0.05) is 19.4 Å². The van der Waals surface area contributed by atoms with Gasteiger partial charge < -0.3 is 5.32 Å². The fourth-order valence-electron chi connectivity index (χ4n) is 2.18. The van der Waals surface area contributed by atoms with Gasteiger partial charge in [0.1, 0.15) is 5.01 Å². The number of nitrogens with zero attached hydrogens (tertiary/aromatic N) is 1. The van der Waals surface area contributed by atoms with Crippen molar-refractivity contribution in [2.24, 2.45) is 0 Å². The van der Waals surface area contributed by atoms with Crippen molar-refractivity contribution in [3.05, 3.63) is 28.1 Å². The second-order valence-electron chi connectivity index (χ2n) is 5.11. The van der Waals surface area contributed by atoms with Gasteiger partial charge in [0.15, 0.2) is 0 Å². The number of hydrogen-bond donors (Lipinski definition) is 1. The molecule has 0 unspecified atom stereocenters. The Kier molecular flexibility index (Phi) is 4.31. The van der Waals surface area contributed by atoms with Gasteiger partial charge in [0.25, 0.3) is 0 Å². The molecule has 4 heteroatoms. The van der Waals surface area contributed by atoms with Crippen molar-refractivity contribution in [2.75, 3.05) is 6.54 Å². The average Bonchev–Trinajstić information content (AvgIpc) is 2.96. The van der Waals surface area contributed by atoms with Crippen LogP contribution in [0.15, 0.2) is 17.5 Å². The SMILES string of the molecule is CCCCNCc1sc(-c2cccs2)nc1C1CC1. The number of nitrogens with one attached hydrogen (secondary N) is 1. The van der Waals surface area contributed by atoms with E-state index in [-0.39, 0.29) is 0 Å². The summed E-state index contributed by atoms with van der Waals surface area (Å²) in [6, 6.07) is 4.28. The summed E-state index contributed by atoms with van der Waals surface area (Å²) in [5.74, 6) is 0.743. The third-order valence-corrected chi connectivity index (χ3v) is 5.53. The van der Waals surface area contributed by atoms with Gasteiger partial charge in [-0.3, -0.25) is 0 Å². The first-order valence-electron chi connectivity index (χ1n) is 7.12. The van der Waals surface area contributed by atoms with Crippen LogP contribution in [0.1, 0.15) is 49.1 Å². The maximum atomic E-state index is 4.90. The molecule has 0 saturated heterocycles. The van der Waals surface area contributed by atoms with Crippen LogP contribution in [0.4, 0.5) is 0 Å². The minimum atomic E-state index is 0.743. The standard InChI is InChI=1S/C15H20N2S2/c1-2-3-8-16-10-13-14(11-6-7-11)17-15(19-13)12-5-4-9-18-12/h4-5,9,11,16H,2-3,6-8,10H2,1H3. The van der Waals surface area contributed by atoms with Crippen molar-refractivity contribution >= 4 is 22.7 Å². The zero-order valence-electron chi connectivity index (χ0n) is 11.3. The maximum Gasteiger partial charge on any atom is 0.133 e. The van der Waals surface area contributed by atoms with Crippen molar-refractivity contribution < 1.29 is 0 Å². The molecule has 0 radical (unpaired) electrons. The molecule has 102 valence electrons. The monoisotopic (exact) mass is 292 g/mol. The Labute approximate surface area is 122 Å². The van der Waals surface area contributed by atoms with E-state index in [1.807, 2.05) is 11.3 Å². The van der Waals surface area contributed by atoms with E-state index in [1.54, 1.807) is 11.3 Å². The molecule has 2 aromatic heterocycles. The lowest BCUT2D eigenvalue weighted by Gasteiger charge is -2.03. The minimum Gasteiger partial charge on any atom is -0.312 e. The Bertz CT molecular complexity index is 512. The largest absolute Gasteiger partial charge is 0.312 e. The lowest BCUT2D eigenvalue weighted by atomic mass is 10.2. The van der Waals surface area contributed by atoms with Gasteiger partial charge in [-0.2, -0.15) is 0 Å². The molecule has 0 spiro atoms. The first kappa shape index (κ1) is 13.3. The van der Waals surface area contributed by atoms with Gasteiger partial charge in [-0.05, 0) is 37.3 Å². The van der Waals surface area contributed by atoms with E-state index >= 15 is 0 Å². The van der Waals surface area contributed by atoms with Gasteiger partial charge in [-0.25, -0.2) is 4.98 Å². The van der Waals surface area contributed by atoms with Crippen LogP contribution >= 0.6 is 22.7 Å². The Morgan fingerprint density at radius 2 is 2.32 bits per heavy atom. The molecule has 0 amide bonds. The van der Waals surface area contributed by atoms with Crippen molar-refractivity contribution in [1.29, 1.82) is 0 Å². The van der Waals surface area contributed by atoms with E-state index in [0.717, 1.165) is 19.0 Å². The van der Waals surface area contributed by atoms with Crippen LogP contribution < -0.4 is 5.32 Å². The predicted molar refractivity (Wildman–Crippen MR) is 84.0 cm³/mol. The van der Waals surface area contributed by atoms with Gasteiger partial charge in [0, 0.05) is 17.3 Å². The van der Waals surface area contributed by atoms with E-state index in [0.29, 0.717) is 0 Å². The Hall–Kier alpha value is -0.710. The maximum absolute atomic E-state index is 4.90. The summed E-state index contributed by atoms with van der Waals surface area (Å²) >= 11 is 3.67. The van der Waals surface area contributed by atoms with E-state index < -0.39 is 0 Å². The van der Waals surface area contributed by atoms with Crippen LogP contribution in [0, 0.1) is 0 Å². The molecule has 19 heavy (non-hydrogen) atoms. The Morgan fingerprint density at radius 1 is 1.42 bits per heavy atom. The van der Waals surface area contributed by atoms with Crippen LogP contribution in [-0.4, -0.2) is 11.5 Å². The summed E-state index contributed by atoms with van der Waals surface area (Å²) in [6.07, 6.45) is 5.17. The summed E-state index contributed by atoms with van der Waals surface area (Å²) in [5.41, 5.74) is 1.37. The van der Waals surface area contributed by atoms with Crippen LogP contribution in [0.25, 0.3) is 9.88 Å². The fraction of sp³-hybridized carbons (Fsp3) is 0.533. The zero-order chi connectivity index (χ0) is 13.1. The molecule has 2 nitrogen and oxygen atoms in total. The molecular weight excluding hydrogens is 272 g/mol. The van der Waals surface area contributed by atoms with Crippen molar-refractivity contribution in [2.45, 2.75) is 45.1 Å².